The van der Waals surface area contributed by atoms with E-state index in [9.17, 15) is 4.79 Å². The Morgan fingerprint density at radius 1 is 1.44 bits per heavy atom. The van der Waals surface area contributed by atoms with Crippen molar-refractivity contribution < 1.29 is 4.79 Å². The predicted molar refractivity (Wildman–Crippen MR) is 75.0 cm³/mol. The van der Waals surface area contributed by atoms with Crippen LogP contribution in [0.5, 0.6) is 0 Å². The molecule has 1 aliphatic carbocycles. The van der Waals surface area contributed by atoms with Gasteiger partial charge in [-0.1, -0.05) is 13.0 Å². The molecule has 1 aromatic rings. The molecule has 1 saturated carbocycles. The molecule has 1 fully saturated rings. The van der Waals surface area contributed by atoms with Crippen molar-refractivity contribution in [1.82, 2.24) is 5.32 Å². The van der Waals surface area contributed by atoms with Crippen molar-refractivity contribution in [2.45, 2.75) is 39.2 Å². The van der Waals surface area contributed by atoms with Gasteiger partial charge in [0.15, 0.2) is 0 Å². The molecule has 3 nitrogen and oxygen atoms in total. The topological polar surface area (TPSA) is 41.1 Å². The molecule has 98 valence electrons. The fraction of sp³-hybridized carbons (Fsp3) is 0.533. The summed E-state index contributed by atoms with van der Waals surface area (Å²) in [5.41, 5.74) is 2.89. The van der Waals surface area contributed by atoms with Crippen molar-refractivity contribution in [3.63, 3.8) is 0 Å². The summed E-state index contributed by atoms with van der Waals surface area (Å²) in [5, 5.41) is 6.28. The first kappa shape index (κ1) is 12.9. The summed E-state index contributed by atoms with van der Waals surface area (Å²) < 4.78 is 0. The molecule has 0 saturated heterocycles. The number of rotatable bonds is 5. The standard InChI is InChI=1S/C15H22N2O/c1-4-13(11-8-9-11)17-14-7-5-6-12(10(14)2)15(18)16-3/h5-7,11,13,17H,4,8-9H2,1-3H3,(H,16,18). The van der Waals surface area contributed by atoms with Gasteiger partial charge < -0.3 is 10.6 Å². The lowest BCUT2D eigenvalue weighted by Gasteiger charge is -2.20. The van der Waals surface area contributed by atoms with Crippen LogP contribution in [0.1, 0.15) is 42.1 Å². The van der Waals surface area contributed by atoms with Crippen LogP contribution in [0, 0.1) is 12.8 Å². The van der Waals surface area contributed by atoms with Crippen LogP contribution in [0.3, 0.4) is 0 Å². The molecule has 1 amide bonds. The molecule has 0 bridgehead atoms. The van der Waals surface area contributed by atoms with Gasteiger partial charge >= 0.3 is 0 Å². The molecule has 0 radical (unpaired) electrons. The quantitative estimate of drug-likeness (QED) is 0.838. The predicted octanol–water partition coefficient (Wildman–Crippen LogP) is 2.96. The van der Waals surface area contributed by atoms with Gasteiger partial charge in [0, 0.05) is 24.3 Å². The molecule has 1 atom stereocenters. The Morgan fingerprint density at radius 3 is 2.72 bits per heavy atom. The van der Waals surface area contributed by atoms with Crippen LogP contribution >= 0.6 is 0 Å². The molecular formula is C15H22N2O. The number of nitrogens with one attached hydrogen (secondary N) is 2. The smallest absolute Gasteiger partial charge is 0.251 e. The van der Waals surface area contributed by atoms with Gasteiger partial charge in [-0.05, 0) is 49.8 Å². The second-order valence-corrected chi connectivity index (χ2v) is 5.05. The number of benzene rings is 1. The fourth-order valence-corrected chi connectivity index (χ4v) is 2.42. The van der Waals surface area contributed by atoms with Crippen LogP contribution in [-0.2, 0) is 0 Å². The monoisotopic (exact) mass is 246 g/mol. The summed E-state index contributed by atoms with van der Waals surface area (Å²) in [6, 6.07) is 6.42. The lowest BCUT2D eigenvalue weighted by atomic mass is 10.0. The highest BCUT2D eigenvalue weighted by atomic mass is 16.1. The minimum Gasteiger partial charge on any atom is -0.382 e. The Labute approximate surface area is 109 Å². The molecule has 1 aliphatic rings. The van der Waals surface area contributed by atoms with Gasteiger partial charge in [0.1, 0.15) is 0 Å². The minimum absolute atomic E-state index is 0.0179. The van der Waals surface area contributed by atoms with E-state index in [2.05, 4.69) is 23.6 Å². The number of amides is 1. The van der Waals surface area contributed by atoms with Crippen molar-refractivity contribution >= 4 is 11.6 Å². The minimum atomic E-state index is -0.0179. The lowest BCUT2D eigenvalue weighted by Crippen LogP contribution is -2.23. The molecular weight excluding hydrogens is 224 g/mol. The van der Waals surface area contributed by atoms with E-state index in [1.54, 1.807) is 7.05 Å². The second-order valence-electron chi connectivity index (χ2n) is 5.05. The summed E-state index contributed by atoms with van der Waals surface area (Å²) in [6.45, 7) is 4.22. The lowest BCUT2D eigenvalue weighted by molar-refractivity contribution is 0.0962. The summed E-state index contributed by atoms with van der Waals surface area (Å²) >= 11 is 0. The van der Waals surface area contributed by atoms with E-state index in [0.717, 1.165) is 29.2 Å². The van der Waals surface area contributed by atoms with Crippen LogP contribution in [0.4, 0.5) is 5.69 Å². The van der Waals surface area contributed by atoms with Gasteiger partial charge in [0.05, 0.1) is 0 Å². The van der Waals surface area contributed by atoms with Crippen molar-refractivity contribution in [1.29, 1.82) is 0 Å². The van der Waals surface area contributed by atoms with E-state index >= 15 is 0 Å². The Morgan fingerprint density at radius 2 is 2.17 bits per heavy atom. The van der Waals surface area contributed by atoms with Crippen LogP contribution in [-0.4, -0.2) is 19.0 Å². The van der Waals surface area contributed by atoms with E-state index in [0.29, 0.717) is 6.04 Å². The molecule has 2 rings (SSSR count). The molecule has 3 heteroatoms. The maximum Gasteiger partial charge on any atom is 0.251 e. The molecule has 0 aliphatic heterocycles. The summed E-state index contributed by atoms with van der Waals surface area (Å²) in [6.07, 6.45) is 3.80. The third-order valence-electron chi connectivity index (χ3n) is 3.78. The van der Waals surface area contributed by atoms with Gasteiger partial charge in [-0.15, -0.1) is 0 Å². The van der Waals surface area contributed by atoms with E-state index in [1.807, 2.05) is 19.1 Å². The third-order valence-corrected chi connectivity index (χ3v) is 3.78. The average Bonchev–Trinajstić information content (AvgIpc) is 3.21. The zero-order valence-electron chi connectivity index (χ0n) is 11.4. The molecule has 18 heavy (non-hydrogen) atoms. The SMILES string of the molecule is CCC(Nc1cccc(C(=O)NC)c1C)C1CC1. The largest absolute Gasteiger partial charge is 0.382 e. The van der Waals surface area contributed by atoms with Crippen LogP contribution < -0.4 is 10.6 Å². The van der Waals surface area contributed by atoms with Crippen LogP contribution in [0.15, 0.2) is 18.2 Å². The summed E-state index contributed by atoms with van der Waals surface area (Å²) in [5.74, 6) is 0.800. The Balaban J connectivity index is 2.19. The van der Waals surface area contributed by atoms with Gasteiger partial charge in [-0.2, -0.15) is 0 Å². The fourth-order valence-electron chi connectivity index (χ4n) is 2.42. The molecule has 1 unspecified atom stereocenters. The van der Waals surface area contributed by atoms with Crippen molar-refractivity contribution in [2.24, 2.45) is 5.92 Å². The molecule has 0 heterocycles. The van der Waals surface area contributed by atoms with E-state index in [1.165, 1.54) is 12.8 Å². The zero-order chi connectivity index (χ0) is 13.1. The van der Waals surface area contributed by atoms with E-state index in [-0.39, 0.29) is 5.91 Å². The van der Waals surface area contributed by atoms with E-state index in [4.69, 9.17) is 0 Å². The van der Waals surface area contributed by atoms with Gasteiger partial charge in [0.2, 0.25) is 0 Å². The normalized spacial score (nSPS) is 16.2. The second kappa shape index (κ2) is 5.42. The zero-order valence-corrected chi connectivity index (χ0v) is 11.4. The number of carbonyl (C=O) groups is 1. The van der Waals surface area contributed by atoms with Crippen molar-refractivity contribution in [3.05, 3.63) is 29.3 Å². The number of anilines is 1. The van der Waals surface area contributed by atoms with E-state index < -0.39 is 0 Å². The molecule has 0 aromatic heterocycles. The molecule has 2 N–H and O–H groups in total. The van der Waals surface area contributed by atoms with Gasteiger partial charge in [-0.3, -0.25) is 4.79 Å². The Hall–Kier alpha value is -1.51. The highest BCUT2D eigenvalue weighted by Gasteiger charge is 2.30. The first-order valence-electron chi connectivity index (χ1n) is 6.75. The van der Waals surface area contributed by atoms with Crippen molar-refractivity contribution in [3.8, 4) is 0 Å². The third kappa shape index (κ3) is 2.66. The first-order chi connectivity index (χ1) is 8.67. The molecule has 0 spiro atoms. The molecule has 1 aromatic carbocycles. The van der Waals surface area contributed by atoms with Crippen LogP contribution in [0.25, 0.3) is 0 Å². The summed E-state index contributed by atoms with van der Waals surface area (Å²) in [7, 11) is 1.67. The maximum absolute atomic E-state index is 11.7. The van der Waals surface area contributed by atoms with Gasteiger partial charge in [0.25, 0.3) is 5.91 Å². The number of hydrogen-bond donors (Lipinski definition) is 2. The highest BCUT2D eigenvalue weighted by Crippen LogP contribution is 2.36. The number of hydrogen-bond acceptors (Lipinski definition) is 2. The van der Waals surface area contributed by atoms with Gasteiger partial charge in [-0.25, -0.2) is 0 Å². The first-order valence-corrected chi connectivity index (χ1v) is 6.75. The average molecular weight is 246 g/mol. The Kier molecular flexibility index (Phi) is 3.90. The Bertz CT molecular complexity index is 438. The maximum atomic E-state index is 11.7. The number of carbonyl (C=O) groups excluding carboxylic acids is 1. The summed E-state index contributed by atoms with van der Waals surface area (Å²) in [4.78, 5) is 11.7. The van der Waals surface area contributed by atoms with Crippen LogP contribution in [0.2, 0.25) is 0 Å². The van der Waals surface area contributed by atoms with Crippen molar-refractivity contribution in [2.75, 3.05) is 12.4 Å². The highest BCUT2D eigenvalue weighted by molar-refractivity contribution is 5.96.